The summed E-state index contributed by atoms with van der Waals surface area (Å²) in [5, 5.41) is 10.3. The molecule has 1 saturated carbocycles. The zero-order chi connectivity index (χ0) is 33.3. The van der Waals surface area contributed by atoms with E-state index in [-0.39, 0.29) is 6.10 Å². The Morgan fingerprint density at radius 2 is 1.40 bits per heavy atom. The highest BCUT2D eigenvalue weighted by molar-refractivity contribution is 7.88. The van der Waals surface area contributed by atoms with E-state index in [0.717, 1.165) is 82.4 Å². The van der Waals surface area contributed by atoms with Crippen molar-refractivity contribution in [3.8, 4) is 45.4 Å². The SMILES string of the molecule is COc1nc(-c2cccc(-c3cccc(-c4ccc(C5=NCCN5S(C)(=O)=O)c(OC)n4)c3C)c2C)ccc1CC[C@@H]1CCC[C@@H]1O. The van der Waals surface area contributed by atoms with Crippen molar-refractivity contribution in [3.05, 3.63) is 82.9 Å². The number of methoxy groups -OCH3 is 2. The van der Waals surface area contributed by atoms with Crippen molar-refractivity contribution < 1.29 is 23.0 Å². The third kappa shape index (κ3) is 6.49. The van der Waals surface area contributed by atoms with Crippen LogP contribution in [0.15, 0.2) is 65.7 Å². The lowest BCUT2D eigenvalue weighted by molar-refractivity contribution is 0.128. The van der Waals surface area contributed by atoms with Crippen LogP contribution in [0.3, 0.4) is 0 Å². The van der Waals surface area contributed by atoms with E-state index in [4.69, 9.17) is 19.4 Å². The Labute approximate surface area is 277 Å². The molecule has 2 atom stereocenters. The number of aryl methyl sites for hydroxylation is 1. The topological polar surface area (TPSA) is 114 Å². The first kappa shape index (κ1) is 32.7. The van der Waals surface area contributed by atoms with Crippen molar-refractivity contribution >= 4 is 15.9 Å². The number of aliphatic hydroxyl groups is 1. The van der Waals surface area contributed by atoms with Gasteiger partial charge in [-0.3, -0.25) is 9.30 Å². The normalized spacial score (nSPS) is 18.0. The first-order valence-corrected chi connectivity index (χ1v) is 18.0. The van der Waals surface area contributed by atoms with Gasteiger partial charge in [0, 0.05) is 16.7 Å². The van der Waals surface area contributed by atoms with Crippen LogP contribution in [-0.4, -0.2) is 73.3 Å². The zero-order valence-electron chi connectivity index (χ0n) is 27.7. The van der Waals surface area contributed by atoms with Crippen LogP contribution >= 0.6 is 0 Å². The molecular formula is C37H42N4O5S. The molecule has 0 radical (unpaired) electrons. The number of nitrogens with zero attached hydrogens (tertiary/aromatic N) is 4. The smallest absolute Gasteiger partial charge is 0.233 e. The van der Waals surface area contributed by atoms with E-state index < -0.39 is 10.0 Å². The van der Waals surface area contributed by atoms with Crippen LogP contribution < -0.4 is 9.47 Å². The van der Waals surface area contributed by atoms with Crippen LogP contribution in [0.4, 0.5) is 0 Å². The molecule has 47 heavy (non-hydrogen) atoms. The summed E-state index contributed by atoms with van der Waals surface area (Å²) in [6, 6.07) is 20.3. The van der Waals surface area contributed by atoms with E-state index in [9.17, 15) is 13.5 Å². The van der Waals surface area contributed by atoms with Gasteiger partial charge in [-0.05, 0) is 85.9 Å². The predicted molar refractivity (Wildman–Crippen MR) is 186 cm³/mol. The van der Waals surface area contributed by atoms with Gasteiger partial charge >= 0.3 is 0 Å². The monoisotopic (exact) mass is 654 g/mol. The van der Waals surface area contributed by atoms with E-state index in [1.807, 2.05) is 24.3 Å². The van der Waals surface area contributed by atoms with Gasteiger partial charge in [0.05, 0.1) is 56.6 Å². The predicted octanol–water partition coefficient (Wildman–Crippen LogP) is 6.23. The minimum absolute atomic E-state index is 0.197. The van der Waals surface area contributed by atoms with Gasteiger partial charge in [-0.15, -0.1) is 0 Å². The van der Waals surface area contributed by atoms with Crippen LogP contribution in [-0.2, 0) is 16.4 Å². The summed E-state index contributed by atoms with van der Waals surface area (Å²) >= 11 is 0. The number of benzene rings is 2. The molecule has 9 nitrogen and oxygen atoms in total. The zero-order valence-corrected chi connectivity index (χ0v) is 28.5. The molecule has 6 rings (SSSR count). The molecule has 2 aliphatic rings. The Balaban J connectivity index is 1.31. The summed E-state index contributed by atoms with van der Waals surface area (Å²) in [6.07, 6.45) is 5.81. The minimum Gasteiger partial charge on any atom is -0.481 e. The van der Waals surface area contributed by atoms with Crippen LogP contribution in [0.1, 0.15) is 47.9 Å². The molecule has 1 aliphatic heterocycles. The number of pyridine rings is 2. The van der Waals surface area contributed by atoms with E-state index in [2.05, 4.69) is 55.2 Å². The third-order valence-corrected chi connectivity index (χ3v) is 10.7. The summed E-state index contributed by atoms with van der Waals surface area (Å²) in [7, 11) is -0.278. The van der Waals surface area contributed by atoms with Crippen molar-refractivity contribution in [3.63, 3.8) is 0 Å². The average molecular weight is 655 g/mol. The van der Waals surface area contributed by atoms with Crippen molar-refractivity contribution in [1.29, 1.82) is 0 Å². The van der Waals surface area contributed by atoms with E-state index >= 15 is 0 Å². The second-order valence-corrected chi connectivity index (χ2v) is 14.3. The van der Waals surface area contributed by atoms with Gasteiger partial charge in [-0.25, -0.2) is 18.4 Å². The lowest BCUT2D eigenvalue weighted by Gasteiger charge is -2.20. The lowest BCUT2D eigenvalue weighted by atomic mass is 9.89. The molecule has 1 aliphatic carbocycles. The maximum atomic E-state index is 12.4. The third-order valence-electron chi connectivity index (χ3n) is 9.54. The van der Waals surface area contributed by atoms with Gasteiger partial charge in [-0.1, -0.05) is 48.9 Å². The van der Waals surface area contributed by atoms with E-state index in [1.54, 1.807) is 7.11 Å². The minimum atomic E-state index is -3.47. The Morgan fingerprint density at radius 1 is 0.809 bits per heavy atom. The molecule has 246 valence electrons. The van der Waals surface area contributed by atoms with E-state index in [1.165, 1.54) is 17.7 Å². The molecule has 10 heteroatoms. The maximum absolute atomic E-state index is 12.4. The molecule has 2 aromatic heterocycles. The van der Waals surface area contributed by atoms with Gasteiger partial charge in [0.2, 0.25) is 21.8 Å². The summed E-state index contributed by atoms with van der Waals surface area (Å²) in [5.74, 6) is 1.65. The molecule has 0 saturated heterocycles. The number of aliphatic imine (C=N–C) groups is 1. The van der Waals surface area contributed by atoms with Crippen molar-refractivity contribution in [2.45, 2.75) is 52.1 Å². The molecule has 0 bridgehead atoms. The second-order valence-electron chi connectivity index (χ2n) is 12.4. The number of amidine groups is 1. The van der Waals surface area contributed by atoms with Gasteiger partial charge in [-0.2, -0.15) is 0 Å². The summed E-state index contributed by atoms with van der Waals surface area (Å²) in [5.41, 5.74) is 9.47. The first-order chi connectivity index (χ1) is 22.6. The molecule has 1 N–H and O–H groups in total. The van der Waals surface area contributed by atoms with Gasteiger partial charge < -0.3 is 14.6 Å². The fourth-order valence-electron chi connectivity index (χ4n) is 6.98. The number of hydrogen-bond donors (Lipinski definition) is 1. The fraction of sp³-hybridized carbons (Fsp3) is 0.378. The Kier molecular flexibility index (Phi) is 9.34. The van der Waals surface area contributed by atoms with Crippen molar-refractivity contribution in [1.82, 2.24) is 14.3 Å². The Bertz CT molecular complexity index is 1940. The quantitative estimate of drug-likeness (QED) is 0.216. The molecule has 2 aromatic carbocycles. The van der Waals surface area contributed by atoms with Crippen molar-refractivity contribution in [2.24, 2.45) is 10.9 Å². The summed E-state index contributed by atoms with van der Waals surface area (Å²) in [6.45, 7) is 4.90. The average Bonchev–Trinajstić information content (AvgIpc) is 3.73. The van der Waals surface area contributed by atoms with Crippen LogP contribution in [0.2, 0.25) is 0 Å². The summed E-state index contributed by atoms with van der Waals surface area (Å²) in [4.78, 5) is 14.2. The number of aromatic nitrogens is 2. The highest BCUT2D eigenvalue weighted by Crippen LogP contribution is 2.38. The Morgan fingerprint density at radius 3 is 1.98 bits per heavy atom. The molecular weight excluding hydrogens is 612 g/mol. The van der Waals surface area contributed by atoms with Crippen LogP contribution in [0, 0.1) is 19.8 Å². The molecule has 0 unspecified atom stereocenters. The lowest BCUT2D eigenvalue weighted by Crippen LogP contribution is -2.34. The highest BCUT2D eigenvalue weighted by atomic mass is 32.2. The molecule has 0 amide bonds. The van der Waals surface area contributed by atoms with Crippen LogP contribution in [0.5, 0.6) is 11.8 Å². The number of ether oxygens (including phenoxy) is 2. The molecule has 0 spiro atoms. The summed E-state index contributed by atoms with van der Waals surface area (Å²) < 4.78 is 37.4. The number of rotatable bonds is 10. The molecule has 3 heterocycles. The van der Waals surface area contributed by atoms with Gasteiger partial charge in [0.15, 0.2) is 0 Å². The Hall–Kier alpha value is -4.28. The molecule has 1 fully saturated rings. The highest BCUT2D eigenvalue weighted by Gasteiger charge is 2.29. The standard InChI is InChI=1S/C37H42N4O5S/c1-23-27(10-7-12-29(23)32-19-17-26(36(39-32)45-3)16-15-25-9-6-14-34(25)42)28-11-8-13-30(24(28)2)33-20-18-31(37(40-33)46-4)35-38-21-22-41(35)47(5,43)44/h7-8,10-13,17-20,25,34,42H,6,9,14-16,21-22H2,1-5H3/t25-,34-/m0/s1. The van der Waals surface area contributed by atoms with E-state index in [0.29, 0.717) is 42.2 Å². The number of sulfonamides is 1. The maximum Gasteiger partial charge on any atom is 0.233 e. The number of hydrogen-bond acceptors (Lipinski definition) is 8. The van der Waals surface area contributed by atoms with Crippen molar-refractivity contribution in [2.75, 3.05) is 33.6 Å². The largest absolute Gasteiger partial charge is 0.481 e. The second kappa shape index (κ2) is 13.4. The number of aliphatic hydroxyl groups excluding tert-OH is 1. The van der Waals surface area contributed by atoms with Crippen LogP contribution in [0.25, 0.3) is 33.6 Å². The molecule has 4 aromatic rings. The fourth-order valence-corrected chi connectivity index (χ4v) is 7.86. The first-order valence-electron chi connectivity index (χ1n) is 16.1. The van der Waals surface area contributed by atoms with Gasteiger partial charge in [0.25, 0.3) is 0 Å². The van der Waals surface area contributed by atoms with Gasteiger partial charge in [0.1, 0.15) is 5.84 Å².